The van der Waals surface area contributed by atoms with Gasteiger partial charge in [-0.3, -0.25) is 0 Å². The van der Waals surface area contributed by atoms with Crippen LogP contribution in [0.25, 0.3) is 11.1 Å². The molecule has 0 fully saturated rings. The molecule has 2 aromatic carbocycles. The van der Waals surface area contributed by atoms with Gasteiger partial charge in [0.25, 0.3) is 0 Å². The van der Waals surface area contributed by atoms with Gasteiger partial charge in [0.2, 0.25) is 0 Å². The summed E-state index contributed by atoms with van der Waals surface area (Å²) in [5.41, 5.74) is 0.966. The van der Waals surface area contributed by atoms with Crippen molar-refractivity contribution in [2.45, 2.75) is 13.8 Å². The Morgan fingerprint density at radius 1 is 1.15 bits per heavy atom. The van der Waals surface area contributed by atoms with Gasteiger partial charge in [-0.05, 0) is 29.3 Å². The smallest absolute Gasteiger partial charge is 0.353 e. The number of carbonyl (C=O) groups excluding carboxylic acids is 1. The molecule has 0 spiro atoms. The summed E-state index contributed by atoms with van der Waals surface area (Å²) in [7, 11) is 0. The fraction of sp³-hybridized carbons (Fsp3) is 0.133. The lowest BCUT2D eigenvalue weighted by Crippen LogP contribution is -2.04. The minimum Gasteiger partial charge on any atom is -0.391 e. The van der Waals surface area contributed by atoms with Crippen molar-refractivity contribution in [1.29, 1.82) is 0 Å². The van der Waals surface area contributed by atoms with Crippen molar-refractivity contribution >= 4 is 30.5 Å². The Morgan fingerprint density at radius 2 is 1.75 bits per heavy atom. The maximum absolute atomic E-state index is 13.7. The molecule has 2 rings (SSSR count). The predicted molar refractivity (Wildman–Crippen MR) is 82.6 cm³/mol. The summed E-state index contributed by atoms with van der Waals surface area (Å²) in [6.45, 7) is 4.00. The Balaban J connectivity index is 0.000000956. The molecule has 0 aromatic heterocycles. The van der Waals surface area contributed by atoms with Crippen molar-refractivity contribution in [1.82, 2.24) is 0 Å². The lowest BCUT2D eigenvalue weighted by molar-refractivity contribution is 0.0768. The number of hydrogen-bond acceptors (Lipinski definition) is 3. The monoisotopic (exact) mass is 312 g/mol. The summed E-state index contributed by atoms with van der Waals surface area (Å²) >= 11 is 9.19. The van der Waals surface area contributed by atoms with Gasteiger partial charge in [0.1, 0.15) is 11.4 Å². The quantitative estimate of drug-likeness (QED) is 0.611. The summed E-state index contributed by atoms with van der Waals surface area (Å²) in [6, 6.07) is 11.1. The zero-order valence-corrected chi connectivity index (χ0v) is 12.7. The van der Waals surface area contributed by atoms with Crippen LogP contribution in [0.5, 0.6) is 0 Å². The lowest BCUT2D eigenvalue weighted by atomic mass is 9.99. The molecule has 106 valence electrons. The first-order valence-corrected chi connectivity index (χ1v) is 6.78. The fourth-order valence-corrected chi connectivity index (χ4v) is 1.86. The summed E-state index contributed by atoms with van der Waals surface area (Å²) in [6.07, 6.45) is 0. The SMILES string of the molecule is CC.O=C(OS)c1c(F)cccc1-c1ccc(Cl)cc1. The molecule has 0 N–H and O–H groups in total. The molecular formula is C15H14ClFO2S. The van der Waals surface area contributed by atoms with Gasteiger partial charge in [-0.1, -0.05) is 49.7 Å². The molecule has 0 aliphatic rings. The first kappa shape index (κ1) is 16.5. The van der Waals surface area contributed by atoms with Crippen LogP contribution in [0, 0.1) is 5.82 Å². The molecule has 0 amide bonds. The van der Waals surface area contributed by atoms with Gasteiger partial charge in [-0.2, -0.15) is 0 Å². The second kappa shape index (κ2) is 7.92. The van der Waals surface area contributed by atoms with Crippen LogP contribution < -0.4 is 0 Å². The van der Waals surface area contributed by atoms with E-state index in [-0.39, 0.29) is 5.56 Å². The first-order chi connectivity index (χ1) is 9.63. The van der Waals surface area contributed by atoms with Crippen molar-refractivity contribution in [2.24, 2.45) is 0 Å². The van der Waals surface area contributed by atoms with Crippen molar-refractivity contribution in [2.75, 3.05) is 0 Å². The van der Waals surface area contributed by atoms with E-state index in [4.69, 9.17) is 11.6 Å². The normalized spacial score (nSPS) is 9.45. The molecule has 20 heavy (non-hydrogen) atoms. The Bertz CT molecular complexity index is 585. The van der Waals surface area contributed by atoms with Crippen molar-refractivity contribution < 1.29 is 13.4 Å². The number of halogens is 2. The Morgan fingerprint density at radius 3 is 2.30 bits per heavy atom. The van der Waals surface area contributed by atoms with Gasteiger partial charge in [0.05, 0.1) is 0 Å². The minimum atomic E-state index is -0.832. The molecule has 0 atom stereocenters. The maximum atomic E-state index is 13.7. The average molecular weight is 313 g/mol. The average Bonchev–Trinajstić information content (AvgIpc) is 2.49. The molecule has 2 nitrogen and oxygen atoms in total. The molecule has 0 saturated carbocycles. The van der Waals surface area contributed by atoms with Crippen molar-refractivity contribution in [3.8, 4) is 11.1 Å². The van der Waals surface area contributed by atoms with Crippen LogP contribution in [0.2, 0.25) is 5.02 Å². The number of thiol groups is 1. The van der Waals surface area contributed by atoms with Gasteiger partial charge < -0.3 is 4.18 Å². The van der Waals surface area contributed by atoms with E-state index < -0.39 is 11.8 Å². The Kier molecular flexibility index (Phi) is 6.55. The molecule has 2 aromatic rings. The number of benzene rings is 2. The van der Waals surface area contributed by atoms with E-state index in [0.29, 0.717) is 16.1 Å². The molecular weight excluding hydrogens is 299 g/mol. The molecule has 0 radical (unpaired) electrons. The molecule has 0 bridgehead atoms. The van der Waals surface area contributed by atoms with Gasteiger partial charge in [0.15, 0.2) is 0 Å². The first-order valence-electron chi connectivity index (χ1n) is 6.03. The van der Waals surface area contributed by atoms with Gasteiger partial charge in [-0.25, -0.2) is 9.18 Å². The van der Waals surface area contributed by atoms with Crippen LogP contribution in [-0.4, -0.2) is 5.97 Å². The van der Waals surface area contributed by atoms with Gasteiger partial charge in [0, 0.05) is 17.9 Å². The molecule has 0 unspecified atom stereocenters. The third kappa shape index (κ3) is 3.74. The number of rotatable bonds is 2. The Hall–Kier alpha value is -1.52. The number of hydrogen-bond donors (Lipinski definition) is 1. The van der Waals surface area contributed by atoms with Crippen molar-refractivity contribution in [3.05, 3.63) is 58.9 Å². The second-order valence-electron chi connectivity index (χ2n) is 3.55. The fourth-order valence-electron chi connectivity index (χ4n) is 1.65. The van der Waals surface area contributed by atoms with E-state index in [2.05, 4.69) is 17.1 Å². The highest BCUT2D eigenvalue weighted by Gasteiger charge is 2.18. The third-order valence-corrected chi connectivity index (χ3v) is 2.87. The van der Waals surface area contributed by atoms with Crippen LogP contribution in [0.1, 0.15) is 24.2 Å². The van der Waals surface area contributed by atoms with Gasteiger partial charge >= 0.3 is 5.97 Å². The zero-order valence-electron chi connectivity index (χ0n) is 11.1. The summed E-state index contributed by atoms with van der Waals surface area (Å²) < 4.78 is 18.0. The van der Waals surface area contributed by atoms with Gasteiger partial charge in [-0.15, -0.1) is 0 Å². The standard InChI is InChI=1S/C13H8ClFO2S.C2H6/c14-9-6-4-8(5-7-9)10-2-1-3-11(15)12(10)13(16)17-18;1-2/h1-7,18H;1-2H3. The van der Waals surface area contributed by atoms with E-state index >= 15 is 0 Å². The summed E-state index contributed by atoms with van der Waals surface area (Å²) in [5.74, 6) is -1.48. The van der Waals surface area contributed by atoms with E-state index in [0.717, 1.165) is 0 Å². The maximum Gasteiger partial charge on any atom is 0.353 e. The lowest BCUT2D eigenvalue weighted by Gasteiger charge is -2.08. The summed E-state index contributed by atoms with van der Waals surface area (Å²) in [4.78, 5) is 11.5. The van der Waals surface area contributed by atoms with Crippen LogP contribution in [-0.2, 0) is 4.18 Å². The highest BCUT2D eigenvalue weighted by atomic mass is 35.5. The molecule has 0 saturated heterocycles. The van der Waals surface area contributed by atoms with E-state index in [1.165, 1.54) is 12.1 Å². The third-order valence-electron chi connectivity index (χ3n) is 2.46. The van der Waals surface area contributed by atoms with E-state index in [9.17, 15) is 9.18 Å². The highest BCUT2D eigenvalue weighted by Crippen LogP contribution is 2.27. The molecule has 0 aliphatic heterocycles. The molecule has 0 heterocycles. The number of carbonyl (C=O) groups is 1. The summed E-state index contributed by atoms with van der Waals surface area (Å²) in [5, 5.41) is 0.563. The zero-order chi connectivity index (χ0) is 15.1. The van der Waals surface area contributed by atoms with Crippen LogP contribution >= 0.6 is 24.5 Å². The predicted octanol–water partition coefficient (Wildman–Crippen LogP) is 5.17. The highest BCUT2D eigenvalue weighted by molar-refractivity contribution is 7.75. The topological polar surface area (TPSA) is 26.3 Å². The van der Waals surface area contributed by atoms with Crippen LogP contribution in [0.15, 0.2) is 42.5 Å². The van der Waals surface area contributed by atoms with E-state index in [1.807, 2.05) is 13.8 Å². The molecule has 5 heteroatoms. The largest absolute Gasteiger partial charge is 0.391 e. The van der Waals surface area contributed by atoms with Crippen LogP contribution in [0.4, 0.5) is 4.39 Å². The molecule has 0 aliphatic carbocycles. The van der Waals surface area contributed by atoms with Crippen LogP contribution in [0.3, 0.4) is 0 Å². The second-order valence-corrected chi connectivity index (χ2v) is 4.17. The van der Waals surface area contributed by atoms with Crippen molar-refractivity contribution in [3.63, 3.8) is 0 Å². The Labute approximate surface area is 128 Å². The van der Waals surface area contributed by atoms with E-state index in [1.54, 1.807) is 30.3 Å². The minimum absolute atomic E-state index is 0.144.